The number of aryl methyl sites for hydroxylation is 2. The van der Waals surface area contributed by atoms with Gasteiger partial charge in [0.1, 0.15) is 6.04 Å². The molecule has 1 atom stereocenters. The molecule has 7 nitrogen and oxygen atoms in total. The van der Waals surface area contributed by atoms with Crippen molar-refractivity contribution in [3.05, 3.63) is 27.4 Å². The summed E-state index contributed by atoms with van der Waals surface area (Å²) in [6, 6.07) is -0.553. The van der Waals surface area contributed by atoms with E-state index in [1.807, 2.05) is 0 Å². The fourth-order valence-corrected chi connectivity index (χ4v) is 2.37. The number of likely N-dealkylation sites (N-methyl/N-ethyl adjacent to an activating group) is 1. The zero-order valence-electron chi connectivity index (χ0n) is 12.5. The molecular weight excluding hydrogens is 272 g/mol. The van der Waals surface area contributed by atoms with Crippen LogP contribution in [0.3, 0.4) is 0 Å². The van der Waals surface area contributed by atoms with Gasteiger partial charge in [-0.2, -0.15) is 0 Å². The van der Waals surface area contributed by atoms with E-state index < -0.39 is 17.5 Å². The van der Waals surface area contributed by atoms with Crippen LogP contribution >= 0.6 is 0 Å². The van der Waals surface area contributed by atoms with Crippen molar-refractivity contribution in [1.82, 2.24) is 20.2 Å². The second-order valence-corrected chi connectivity index (χ2v) is 5.34. The highest BCUT2D eigenvalue weighted by Crippen LogP contribution is 2.13. The number of hydrogen-bond donors (Lipinski definition) is 2. The lowest BCUT2D eigenvalue weighted by Gasteiger charge is -2.25. The molecule has 0 radical (unpaired) electrons. The Morgan fingerprint density at radius 2 is 2.00 bits per heavy atom. The Balaban J connectivity index is 2.28. The molecule has 2 N–H and O–H groups in total. The summed E-state index contributed by atoms with van der Waals surface area (Å²) < 4.78 is 0. The second-order valence-electron chi connectivity index (χ2n) is 5.34. The molecule has 21 heavy (non-hydrogen) atoms. The van der Waals surface area contributed by atoms with E-state index in [0.29, 0.717) is 24.4 Å². The van der Waals surface area contributed by atoms with Crippen LogP contribution in [0.1, 0.15) is 41.1 Å². The molecule has 1 unspecified atom stereocenters. The number of aromatic amines is 1. The smallest absolute Gasteiger partial charge is 0.279 e. The molecule has 114 valence electrons. The number of carbonyl (C=O) groups is 2. The van der Waals surface area contributed by atoms with Crippen LogP contribution in [-0.4, -0.2) is 46.3 Å². The average Bonchev–Trinajstić information content (AvgIpc) is 2.66. The van der Waals surface area contributed by atoms with Gasteiger partial charge in [0, 0.05) is 19.3 Å². The summed E-state index contributed by atoms with van der Waals surface area (Å²) in [7, 11) is 1.54. The molecule has 1 aliphatic rings. The van der Waals surface area contributed by atoms with Gasteiger partial charge in [0.15, 0.2) is 5.69 Å². The minimum Gasteiger partial charge on any atom is -0.354 e. The molecule has 2 amide bonds. The maximum Gasteiger partial charge on any atom is 0.279 e. The fourth-order valence-electron chi connectivity index (χ4n) is 2.37. The second kappa shape index (κ2) is 6.07. The van der Waals surface area contributed by atoms with Crippen molar-refractivity contribution in [2.24, 2.45) is 0 Å². The van der Waals surface area contributed by atoms with E-state index in [-0.39, 0.29) is 11.6 Å². The van der Waals surface area contributed by atoms with Crippen LogP contribution in [-0.2, 0) is 4.79 Å². The predicted molar refractivity (Wildman–Crippen MR) is 77.1 cm³/mol. The number of carbonyl (C=O) groups excluding carboxylic acids is 2. The lowest BCUT2D eigenvalue weighted by atomic mass is 10.1. The van der Waals surface area contributed by atoms with Crippen LogP contribution in [0.4, 0.5) is 0 Å². The van der Waals surface area contributed by atoms with Crippen molar-refractivity contribution in [3.8, 4) is 0 Å². The number of H-pyrrole nitrogens is 1. The zero-order valence-corrected chi connectivity index (χ0v) is 12.5. The molecular formula is C14H20N4O3. The number of nitrogens with zero attached hydrogens (tertiary/aromatic N) is 2. The molecule has 0 saturated carbocycles. The zero-order chi connectivity index (χ0) is 15.6. The van der Waals surface area contributed by atoms with Gasteiger partial charge in [0.2, 0.25) is 5.91 Å². The fraction of sp³-hybridized carbons (Fsp3) is 0.571. The van der Waals surface area contributed by atoms with Gasteiger partial charge < -0.3 is 15.2 Å². The SMILES string of the molecule is Cc1nc(C(=O)N(C)C2CCCCNC2=O)c(=O)[nH]c1C. The van der Waals surface area contributed by atoms with Crippen molar-refractivity contribution in [3.63, 3.8) is 0 Å². The van der Waals surface area contributed by atoms with E-state index in [4.69, 9.17) is 0 Å². The standard InChI is InChI=1S/C14H20N4O3/c1-8-9(2)17-13(20)11(16-8)14(21)18(3)10-6-4-5-7-15-12(10)19/h10H,4-7H2,1-3H3,(H,15,19)(H,17,20). The minimum absolute atomic E-state index is 0.169. The largest absolute Gasteiger partial charge is 0.354 e. The van der Waals surface area contributed by atoms with Gasteiger partial charge in [-0.1, -0.05) is 0 Å². The lowest BCUT2D eigenvalue weighted by molar-refractivity contribution is -0.125. The van der Waals surface area contributed by atoms with E-state index in [1.165, 1.54) is 11.9 Å². The van der Waals surface area contributed by atoms with E-state index in [0.717, 1.165) is 12.8 Å². The molecule has 1 aliphatic heterocycles. The number of nitrogens with one attached hydrogen (secondary N) is 2. The summed E-state index contributed by atoms with van der Waals surface area (Å²) in [6.45, 7) is 4.07. The number of rotatable bonds is 2. The predicted octanol–water partition coefficient (Wildman–Crippen LogP) is 0.127. The van der Waals surface area contributed by atoms with Gasteiger partial charge in [-0.05, 0) is 33.1 Å². The number of hydrogen-bond acceptors (Lipinski definition) is 4. The Kier molecular flexibility index (Phi) is 4.40. The van der Waals surface area contributed by atoms with Gasteiger partial charge in [0.25, 0.3) is 11.5 Å². The molecule has 0 bridgehead atoms. The summed E-state index contributed by atoms with van der Waals surface area (Å²) in [4.78, 5) is 44.3. The van der Waals surface area contributed by atoms with Gasteiger partial charge in [-0.25, -0.2) is 4.98 Å². The first-order chi connectivity index (χ1) is 9.91. The van der Waals surface area contributed by atoms with Crippen molar-refractivity contribution in [1.29, 1.82) is 0 Å². The van der Waals surface area contributed by atoms with Gasteiger partial charge in [0.05, 0.1) is 5.69 Å². The molecule has 0 spiro atoms. The van der Waals surface area contributed by atoms with E-state index in [1.54, 1.807) is 13.8 Å². The van der Waals surface area contributed by atoms with Gasteiger partial charge in [-0.15, -0.1) is 0 Å². The van der Waals surface area contributed by atoms with Crippen molar-refractivity contribution < 1.29 is 9.59 Å². The molecule has 1 aromatic heterocycles. The summed E-state index contributed by atoms with van der Waals surface area (Å²) in [5.41, 5.74) is 0.532. The van der Waals surface area contributed by atoms with Crippen LogP contribution in [0, 0.1) is 13.8 Å². The molecule has 7 heteroatoms. The molecule has 2 rings (SSSR count). The molecule has 1 aromatic rings. The van der Waals surface area contributed by atoms with E-state index >= 15 is 0 Å². The van der Waals surface area contributed by atoms with Crippen LogP contribution < -0.4 is 10.9 Å². The Morgan fingerprint density at radius 1 is 1.29 bits per heavy atom. The van der Waals surface area contributed by atoms with E-state index in [9.17, 15) is 14.4 Å². The Labute approximate surface area is 122 Å². The van der Waals surface area contributed by atoms with Crippen molar-refractivity contribution in [2.75, 3.05) is 13.6 Å². The van der Waals surface area contributed by atoms with Crippen LogP contribution in [0.15, 0.2) is 4.79 Å². The van der Waals surface area contributed by atoms with Crippen LogP contribution in [0.5, 0.6) is 0 Å². The summed E-state index contributed by atoms with van der Waals surface area (Å²) in [6.07, 6.45) is 2.35. The number of aromatic nitrogens is 2. The third-order valence-corrected chi connectivity index (χ3v) is 3.83. The maximum atomic E-state index is 12.4. The van der Waals surface area contributed by atoms with Crippen molar-refractivity contribution >= 4 is 11.8 Å². The molecule has 1 saturated heterocycles. The quantitative estimate of drug-likeness (QED) is 0.810. The highest BCUT2D eigenvalue weighted by atomic mass is 16.2. The van der Waals surface area contributed by atoms with Crippen molar-refractivity contribution in [2.45, 2.75) is 39.2 Å². The Bertz CT molecular complexity index is 623. The Hall–Kier alpha value is -2.18. The first kappa shape index (κ1) is 15.2. The topological polar surface area (TPSA) is 95.2 Å². The molecule has 0 aliphatic carbocycles. The highest BCUT2D eigenvalue weighted by Gasteiger charge is 2.30. The molecule has 0 aromatic carbocycles. The summed E-state index contributed by atoms with van der Waals surface area (Å²) in [5, 5.41) is 2.78. The Morgan fingerprint density at radius 3 is 2.71 bits per heavy atom. The molecule has 1 fully saturated rings. The maximum absolute atomic E-state index is 12.4. The van der Waals surface area contributed by atoms with Crippen LogP contribution in [0.2, 0.25) is 0 Å². The third-order valence-electron chi connectivity index (χ3n) is 3.83. The molecule has 2 heterocycles. The monoisotopic (exact) mass is 292 g/mol. The third kappa shape index (κ3) is 3.12. The first-order valence-corrected chi connectivity index (χ1v) is 7.04. The minimum atomic E-state index is -0.553. The highest BCUT2D eigenvalue weighted by molar-refractivity contribution is 5.95. The van der Waals surface area contributed by atoms with Gasteiger partial charge >= 0.3 is 0 Å². The number of amides is 2. The lowest BCUT2D eigenvalue weighted by Crippen LogP contribution is -2.48. The van der Waals surface area contributed by atoms with Gasteiger partial charge in [-0.3, -0.25) is 14.4 Å². The average molecular weight is 292 g/mol. The van der Waals surface area contributed by atoms with E-state index in [2.05, 4.69) is 15.3 Å². The summed E-state index contributed by atoms with van der Waals surface area (Å²) >= 11 is 0. The first-order valence-electron chi connectivity index (χ1n) is 7.04. The summed E-state index contributed by atoms with van der Waals surface area (Å²) in [5.74, 6) is -0.704. The normalized spacial score (nSPS) is 18.8. The van der Waals surface area contributed by atoms with Crippen LogP contribution in [0.25, 0.3) is 0 Å².